The van der Waals surface area contributed by atoms with E-state index in [1.165, 1.54) is 24.3 Å². The topological polar surface area (TPSA) is 83.8 Å². The molecule has 1 unspecified atom stereocenters. The minimum absolute atomic E-state index is 0.0625. The molecule has 1 aliphatic carbocycles. The van der Waals surface area contributed by atoms with Gasteiger partial charge in [0, 0.05) is 6.42 Å². The first kappa shape index (κ1) is 15.6. The van der Waals surface area contributed by atoms with E-state index in [0.29, 0.717) is 12.0 Å². The minimum Gasteiger partial charge on any atom is -0.507 e. The maximum atomic E-state index is 12.6. The van der Waals surface area contributed by atoms with Gasteiger partial charge in [-0.3, -0.25) is 4.79 Å². The zero-order chi connectivity index (χ0) is 16.7. The zero-order valence-electron chi connectivity index (χ0n) is 11.5. The van der Waals surface area contributed by atoms with Gasteiger partial charge in [-0.1, -0.05) is 29.3 Å². The monoisotopic (exact) mass is 352 g/mol. The fourth-order valence-corrected chi connectivity index (χ4v) is 3.13. The summed E-state index contributed by atoms with van der Waals surface area (Å²) in [6.45, 7) is 0. The van der Waals surface area contributed by atoms with Gasteiger partial charge in [-0.25, -0.2) is 4.79 Å². The van der Waals surface area contributed by atoms with Crippen molar-refractivity contribution >= 4 is 35.1 Å². The predicted octanol–water partition coefficient (Wildman–Crippen LogP) is 4.22. The fourth-order valence-electron chi connectivity index (χ4n) is 2.56. The van der Waals surface area contributed by atoms with Crippen LogP contribution >= 0.6 is 23.2 Å². The Morgan fingerprint density at radius 3 is 2.43 bits per heavy atom. The molecule has 0 bridgehead atoms. The second-order valence-corrected chi connectivity index (χ2v) is 5.88. The lowest BCUT2D eigenvalue weighted by molar-refractivity contribution is 0.0414. The number of hydrogen-bond acceptors (Lipinski definition) is 4. The number of carboxylic acid groups (broad SMARTS) is 1. The second-order valence-electron chi connectivity index (χ2n) is 5.07. The molecule has 0 aliphatic heterocycles. The first-order valence-corrected chi connectivity index (χ1v) is 7.38. The smallest absolute Gasteiger partial charge is 0.506 e. The first-order valence-electron chi connectivity index (χ1n) is 6.62. The number of carbonyl (C=O) groups is 2. The van der Waals surface area contributed by atoms with E-state index in [1.54, 1.807) is 6.07 Å². The molecule has 0 radical (unpaired) electrons. The molecular weight excluding hydrogens is 343 g/mol. The van der Waals surface area contributed by atoms with Crippen LogP contribution in [-0.4, -0.2) is 22.2 Å². The van der Waals surface area contributed by atoms with Gasteiger partial charge in [0.15, 0.2) is 5.78 Å². The molecule has 0 aromatic heterocycles. The van der Waals surface area contributed by atoms with Gasteiger partial charge >= 0.3 is 6.16 Å². The molecule has 1 aliphatic rings. The summed E-state index contributed by atoms with van der Waals surface area (Å²) in [5.74, 6) is -0.771. The van der Waals surface area contributed by atoms with Crippen LogP contribution in [0.1, 0.15) is 33.2 Å². The van der Waals surface area contributed by atoms with E-state index in [9.17, 15) is 14.7 Å². The van der Waals surface area contributed by atoms with E-state index in [4.69, 9.17) is 28.3 Å². The molecule has 0 heterocycles. The molecule has 0 amide bonds. The minimum atomic E-state index is -1.39. The normalized spacial score (nSPS) is 15.5. The number of halogens is 2. The molecule has 7 heteroatoms. The highest BCUT2D eigenvalue weighted by Crippen LogP contribution is 2.41. The van der Waals surface area contributed by atoms with Crippen molar-refractivity contribution < 1.29 is 24.5 Å². The van der Waals surface area contributed by atoms with Gasteiger partial charge in [-0.2, -0.15) is 0 Å². The van der Waals surface area contributed by atoms with Crippen molar-refractivity contribution in [3.05, 3.63) is 62.6 Å². The van der Waals surface area contributed by atoms with Crippen molar-refractivity contribution in [2.24, 2.45) is 0 Å². The third-order valence-electron chi connectivity index (χ3n) is 3.69. The maximum absolute atomic E-state index is 12.6. The van der Waals surface area contributed by atoms with Crippen LogP contribution in [0, 0.1) is 0 Å². The van der Waals surface area contributed by atoms with Crippen molar-refractivity contribution in [1.29, 1.82) is 0 Å². The molecule has 3 rings (SSSR count). The van der Waals surface area contributed by atoms with E-state index in [2.05, 4.69) is 4.74 Å². The summed E-state index contributed by atoms with van der Waals surface area (Å²) in [4.78, 5) is 23.2. The molecule has 1 atom stereocenters. The van der Waals surface area contributed by atoms with Crippen LogP contribution in [0.4, 0.5) is 4.79 Å². The van der Waals surface area contributed by atoms with Crippen molar-refractivity contribution in [2.75, 3.05) is 0 Å². The van der Waals surface area contributed by atoms with E-state index < -0.39 is 18.0 Å². The molecule has 0 spiro atoms. The van der Waals surface area contributed by atoms with Gasteiger partial charge in [-0.05, 0) is 35.4 Å². The second kappa shape index (κ2) is 5.76. The standard InChI is InChI=1S/C16H10Cl2O5/c17-10-2-1-3-11(18)14(10)15(20)9-4-7-5-13(23-16(21)22)8(7)6-12(9)19/h1-4,6,13,19H,5H2,(H,21,22). The van der Waals surface area contributed by atoms with Crippen molar-refractivity contribution in [2.45, 2.75) is 12.5 Å². The summed E-state index contributed by atoms with van der Waals surface area (Å²) in [6.07, 6.45) is -1.66. The molecule has 0 saturated heterocycles. The predicted molar refractivity (Wildman–Crippen MR) is 83.6 cm³/mol. The molecule has 5 nitrogen and oxygen atoms in total. The van der Waals surface area contributed by atoms with Crippen molar-refractivity contribution in [3.63, 3.8) is 0 Å². The molecule has 118 valence electrons. The maximum Gasteiger partial charge on any atom is 0.506 e. The Labute approximate surface area is 141 Å². The largest absolute Gasteiger partial charge is 0.507 e. The van der Waals surface area contributed by atoms with Gasteiger partial charge in [0.1, 0.15) is 11.9 Å². The number of aromatic hydroxyl groups is 1. The van der Waals surface area contributed by atoms with Gasteiger partial charge < -0.3 is 14.9 Å². The molecule has 23 heavy (non-hydrogen) atoms. The molecule has 2 aromatic rings. The first-order chi connectivity index (χ1) is 10.9. The Morgan fingerprint density at radius 2 is 1.83 bits per heavy atom. The number of phenols is 1. The van der Waals surface area contributed by atoms with Crippen LogP contribution in [0.5, 0.6) is 5.75 Å². The number of benzene rings is 2. The lowest BCUT2D eigenvalue weighted by Gasteiger charge is -2.29. The third-order valence-corrected chi connectivity index (χ3v) is 4.32. The Hall–Kier alpha value is -2.24. The third kappa shape index (κ3) is 2.73. The van der Waals surface area contributed by atoms with Crippen LogP contribution in [0.2, 0.25) is 10.0 Å². The summed E-state index contributed by atoms with van der Waals surface area (Å²) in [5, 5.41) is 19.1. The number of fused-ring (bicyclic) bond motifs is 1. The average Bonchev–Trinajstić information content (AvgIpc) is 2.46. The van der Waals surface area contributed by atoms with Gasteiger partial charge in [-0.15, -0.1) is 0 Å². The number of hydrogen-bond donors (Lipinski definition) is 2. The Morgan fingerprint density at radius 1 is 1.17 bits per heavy atom. The molecule has 2 N–H and O–H groups in total. The summed E-state index contributed by atoms with van der Waals surface area (Å²) in [5.41, 5.74) is 1.46. The number of carbonyl (C=O) groups excluding carboxylic acids is 1. The van der Waals surface area contributed by atoms with Crippen LogP contribution in [0.3, 0.4) is 0 Å². The van der Waals surface area contributed by atoms with Gasteiger partial charge in [0.05, 0.1) is 21.2 Å². The number of rotatable bonds is 3. The number of ketones is 1. The SMILES string of the molecule is O=C(O)OC1Cc2cc(C(=O)c3c(Cl)cccc3Cl)c(O)cc21. The number of ether oxygens (including phenoxy) is 1. The lowest BCUT2D eigenvalue weighted by atomic mass is 9.82. The summed E-state index contributed by atoms with van der Waals surface area (Å²) in [6, 6.07) is 7.54. The van der Waals surface area contributed by atoms with E-state index in [0.717, 1.165) is 5.56 Å². The molecule has 2 aromatic carbocycles. The highest BCUT2D eigenvalue weighted by atomic mass is 35.5. The van der Waals surface area contributed by atoms with Crippen LogP contribution in [-0.2, 0) is 11.2 Å². The summed E-state index contributed by atoms with van der Waals surface area (Å²) >= 11 is 12.0. The van der Waals surface area contributed by atoms with Gasteiger partial charge in [0.25, 0.3) is 0 Å². The van der Waals surface area contributed by atoms with Crippen LogP contribution < -0.4 is 0 Å². The average molecular weight is 353 g/mol. The van der Waals surface area contributed by atoms with Crippen molar-refractivity contribution in [3.8, 4) is 5.75 Å². The Bertz CT molecular complexity index is 811. The van der Waals surface area contributed by atoms with E-state index >= 15 is 0 Å². The zero-order valence-corrected chi connectivity index (χ0v) is 13.1. The van der Waals surface area contributed by atoms with E-state index in [-0.39, 0.29) is 26.9 Å². The van der Waals surface area contributed by atoms with Crippen LogP contribution in [0.15, 0.2) is 30.3 Å². The number of phenolic OH excluding ortho intramolecular Hbond substituents is 1. The Balaban J connectivity index is 1.98. The summed E-state index contributed by atoms with van der Waals surface area (Å²) < 4.78 is 4.67. The van der Waals surface area contributed by atoms with E-state index in [1.807, 2.05) is 0 Å². The van der Waals surface area contributed by atoms with Crippen LogP contribution in [0.25, 0.3) is 0 Å². The highest BCUT2D eigenvalue weighted by Gasteiger charge is 2.32. The fraction of sp³-hybridized carbons (Fsp3) is 0.125. The summed E-state index contributed by atoms with van der Waals surface area (Å²) in [7, 11) is 0. The quantitative estimate of drug-likeness (QED) is 0.638. The highest BCUT2D eigenvalue weighted by molar-refractivity contribution is 6.41. The lowest BCUT2D eigenvalue weighted by Crippen LogP contribution is -2.23. The molecule has 0 saturated carbocycles. The van der Waals surface area contributed by atoms with Gasteiger partial charge in [0.2, 0.25) is 0 Å². The molecular formula is C16H10Cl2O5. The Kier molecular flexibility index (Phi) is 3.92. The van der Waals surface area contributed by atoms with Crippen molar-refractivity contribution in [1.82, 2.24) is 0 Å². The molecule has 0 fully saturated rings.